The minimum absolute atomic E-state index is 0. The summed E-state index contributed by atoms with van der Waals surface area (Å²) in [5.41, 5.74) is 6.74. The molecule has 2 aliphatic carbocycles. The Balaban J connectivity index is 0.000000337. The van der Waals surface area contributed by atoms with Gasteiger partial charge < -0.3 is 61.8 Å². The summed E-state index contributed by atoms with van der Waals surface area (Å²) in [4.78, 5) is 123. The van der Waals surface area contributed by atoms with Gasteiger partial charge in [0.25, 0.3) is 11.8 Å². The van der Waals surface area contributed by atoms with E-state index >= 15 is 0 Å². The third kappa shape index (κ3) is 23.4. The second kappa shape index (κ2) is 42.4. The quantitative estimate of drug-likeness (QED) is 0.0153. The largest absolute Gasteiger partial charge is 0.507 e. The first-order valence-electron chi connectivity index (χ1n) is 34.8. The fraction of sp³-hybridized carbons (Fsp3) is 0.0682. The van der Waals surface area contributed by atoms with Crippen LogP contribution in [0.15, 0.2) is 328 Å². The number of allylic oxidation sites excluding steroid dienone is 6. The van der Waals surface area contributed by atoms with Gasteiger partial charge in [-0.25, -0.2) is 0 Å². The summed E-state index contributed by atoms with van der Waals surface area (Å²) in [6.07, 6.45) is 17.4. The van der Waals surface area contributed by atoms with Crippen LogP contribution < -0.4 is 41.4 Å². The molecule has 0 saturated carbocycles. The summed E-state index contributed by atoms with van der Waals surface area (Å²) in [5, 5.41) is 57.5. The molecule has 0 fully saturated rings. The number of anilines is 6. The molecule has 24 nitrogen and oxygen atoms in total. The van der Waals surface area contributed by atoms with Crippen LogP contribution in [-0.2, 0) is 19.2 Å². The zero-order valence-electron chi connectivity index (χ0n) is 60.7. The molecule has 0 aliphatic heterocycles. The van der Waals surface area contributed by atoms with Crippen LogP contribution in [0, 0.1) is 122 Å². The number of carbonyl (C=O) groups excluding carboxylic acids is 6. The maximum Gasteiger partial charge on any atom is 0.311 e. The predicted octanol–water partition coefficient (Wildman–Crippen LogP) is 15.7. The number of nitrogens with one attached hydrogen (secondary N) is 6. The molecular weight excluding hydrogens is 1720 g/mol. The van der Waals surface area contributed by atoms with Crippen LogP contribution in [0.3, 0.4) is 0 Å². The van der Waals surface area contributed by atoms with Crippen LogP contribution in [0.4, 0.5) is 34.1 Å². The third-order valence-corrected chi connectivity index (χ3v) is 17.1. The summed E-state index contributed by atoms with van der Waals surface area (Å²) < 4.78 is 12.5. The van der Waals surface area contributed by atoms with Crippen molar-refractivity contribution >= 4 is 92.8 Å². The fourth-order valence-electron chi connectivity index (χ4n) is 11.6. The Hall–Kier alpha value is -12.3. The number of ketones is 2. The average Bonchev–Trinajstić information content (AvgIpc) is 0.788. The van der Waals surface area contributed by atoms with Crippen LogP contribution in [0.5, 0.6) is 11.5 Å². The minimum atomic E-state index is -1.42. The smallest absolute Gasteiger partial charge is 0.311 e. The van der Waals surface area contributed by atoms with E-state index in [0.717, 1.165) is 0 Å². The zero-order chi connectivity index (χ0) is 78.9. The van der Waals surface area contributed by atoms with E-state index in [0.29, 0.717) is 67.8 Å². The van der Waals surface area contributed by atoms with Crippen LogP contribution in [-0.4, -0.2) is 102 Å². The molecule has 7 aromatic carbocycles. The van der Waals surface area contributed by atoms with Crippen molar-refractivity contribution in [2.24, 2.45) is 23.7 Å². The van der Waals surface area contributed by atoms with Crippen molar-refractivity contribution in [1.29, 1.82) is 0 Å². The molecule has 13 rings (SSSR count). The van der Waals surface area contributed by atoms with Crippen molar-refractivity contribution in [2.75, 3.05) is 46.0 Å². The number of pyridine rings is 4. The number of carboxylic acids is 2. The molecule has 4 atom stereocenters. The summed E-state index contributed by atoms with van der Waals surface area (Å²) in [6, 6.07) is 68.3. The molecule has 114 heavy (non-hydrogen) atoms. The van der Waals surface area contributed by atoms with Gasteiger partial charge in [0.15, 0.2) is 11.6 Å². The standard InChI is InChI=1S/C58H48N10O10.2C15H12O2.2Eu/c1-59-35-26-33(53(69)67-45-18-10-24-63-51(45)43-16-3-5-22-61-43)28-37(30-35)65-55(71)49-41(57(73)74)14-8-20-47(49)77-39-12-7-13-40(32-39)78-48-21-9-15-42(58(75)76)50(48)56(72)66-38-29-34(27-36(31-38)60-2)54(70)68-46-19-11-25-64-52(46)44-17-4-6-23-62-44;2*16-14(12-7-3-1-4-8-12)11-15(17)13-9-5-2-6-10-13;;/h3-32,41-42,49-50,59-60H,1-2H3,(H,65,71)(H,66,72)(H,67,69)(H,68,70)(H,73,74)(H,75,76);2*1-11,16H;;/b;2*14-11-;;. The summed E-state index contributed by atoms with van der Waals surface area (Å²) >= 11 is 0. The van der Waals surface area contributed by atoms with E-state index < -0.39 is 59.2 Å². The van der Waals surface area contributed by atoms with Gasteiger partial charge in [0.2, 0.25) is 11.8 Å². The molecule has 11 aromatic rings. The van der Waals surface area contributed by atoms with Crippen molar-refractivity contribution in [3.63, 3.8) is 0 Å². The van der Waals surface area contributed by atoms with Gasteiger partial charge >= 0.3 is 11.9 Å². The maximum absolute atomic E-state index is 14.3. The molecule has 4 unspecified atom stereocenters. The monoisotopic (exact) mass is 1800 g/mol. The van der Waals surface area contributed by atoms with E-state index in [2.05, 4.69) is 51.8 Å². The number of benzene rings is 7. The number of hydrogen-bond donors (Lipinski definition) is 10. The summed E-state index contributed by atoms with van der Waals surface area (Å²) in [5.74, 6) is -11.1. The number of rotatable bonds is 24. The van der Waals surface area contributed by atoms with Crippen molar-refractivity contribution in [1.82, 2.24) is 19.9 Å². The molecule has 4 amide bonds. The number of amides is 4. The maximum atomic E-state index is 14.3. The molecule has 10 N–H and O–H groups in total. The number of aliphatic hydroxyl groups excluding tert-OH is 2. The van der Waals surface area contributed by atoms with Crippen molar-refractivity contribution in [2.45, 2.75) is 0 Å². The van der Waals surface area contributed by atoms with Crippen LogP contribution in [0.1, 0.15) is 52.6 Å². The molecule has 4 heterocycles. The Bertz CT molecular complexity index is 5130. The van der Waals surface area contributed by atoms with Crippen molar-refractivity contribution < 1.29 is 167 Å². The number of carboxylic acid groups (broad SMARTS) is 2. The van der Waals surface area contributed by atoms with E-state index in [1.807, 2.05) is 48.5 Å². The van der Waals surface area contributed by atoms with E-state index in [-0.39, 0.29) is 167 Å². The van der Waals surface area contributed by atoms with E-state index in [1.165, 1.54) is 78.9 Å². The van der Waals surface area contributed by atoms with Crippen LogP contribution in [0.2, 0.25) is 0 Å². The number of aliphatic hydroxyl groups is 2. The predicted molar refractivity (Wildman–Crippen MR) is 427 cm³/mol. The SMILES string of the molecule is CNc1cc(NC(=O)C2C(Oc3cccc(OC4=CC=CC(C(=O)O)C4C(=O)Nc4cc(NC)cc(C(=O)Nc5cccnc5-c5ccccn5)c4)c3)=CC=CC2C(=O)O)cc(C(=O)Nc2cccnc2-c2ccccn2)c1.O=C(/C=C(\O)c1ccccc1)c1ccccc1.O=C(/C=C(\O)c1ccccc1)c1ccccc1.[Eu].[Eu]. The topological polar surface area (TPSA) is 360 Å². The molecule has 0 saturated heterocycles. The van der Waals surface area contributed by atoms with Gasteiger partial charge in [0.05, 0.1) is 34.6 Å². The van der Waals surface area contributed by atoms with E-state index in [1.54, 1.807) is 203 Å². The third-order valence-electron chi connectivity index (χ3n) is 17.1. The average molecular weight is 1800 g/mol. The minimum Gasteiger partial charge on any atom is -0.507 e. The Morgan fingerprint density at radius 3 is 1.06 bits per heavy atom. The Kier molecular flexibility index (Phi) is 31.9. The summed E-state index contributed by atoms with van der Waals surface area (Å²) in [6.45, 7) is 0. The molecule has 0 bridgehead atoms. The Labute approximate surface area is 736 Å². The second-order valence-corrected chi connectivity index (χ2v) is 24.7. The van der Waals surface area contributed by atoms with E-state index in [9.17, 15) is 58.8 Å². The number of carbonyl (C=O) groups is 8. The van der Waals surface area contributed by atoms with E-state index in [4.69, 9.17) is 9.47 Å². The molecule has 572 valence electrons. The van der Waals surface area contributed by atoms with Gasteiger partial charge in [-0.05, 0) is 109 Å². The molecule has 0 spiro atoms. The van der Waals surface area contributed by atoms with Crippen LogP contribution in [0.25, 0.3) is 34.3 Å². The second-order valence-electron chi connectivity index (χ2n) is 24.7. The molecule has 26 heteroatoms. The Morgan fingerprint density at radius 2 is 0.711 bits per heavy atom. The molecular formula is C88H72Eu2N10O14. The van der Waals surface area contributed by atoms with Gasteiger partial charge in [0.1, 0.15) is 57.8 Å². The Morgan fingerprint density at radius 1 is 0.360 bits per heavy atom. The first kappa shape index (κ1) is 85.7. The summed E-state index contributed by atoms with van der Waals surface area (Å²) in [7, 11) is 3.27. The van der Waals surface area contributed by atoms with Gasteiger partial charge in [-0.15, -0.1) is 0 Å². The van der Waals surface area contributed by atoms with Crippen molar-refractivity contribution in [3.05, 3.63) is 361 Å². The van der Waals surface area contributed by atoms with Gasteiger partial charge in [-0.1, -0.05) is 164 Å². The number of nitrogens with zero attached hydrogens (tertiary/aromatic N) is 4. The molecule has 4 aromatic heterocycles. The molecule has 2 aliphatic rings. The number of aliphatic carboxylic acids is 2. The number of ether oxygens (including phenoxy) is 2. The van der Waals surface area contributed by atoms with Gasteiger partial charge in [0, 0.05) is 212 Å². The number of hydrogen-bond acceptors (Lipinski definition) is 18. The van der Waals surface area contributed by atoms with Gasteiger partial charge in [-0.2, -0.15) is 0 Å². The zero-order valence-corrected chi connectivity index (χ0v) is 65.6. The first-order valence-corrected chi connectivity index (χ1v) is 34.8. The van der Waals surface area contributed by atoms with Crippen molar-refractivity contribution in [3.8, 4) is 34.3 Å². The first-order chi connectivity index (χ1) is 54.4. The van der Waals surface area contributed by atoms with Crippen LogP contribution >= 0.6 is 0 Å². The normalized spacial score (nSPS) is 14.5. The molecule has 2 radical (unpaired) electrons. The van der Waals surface area contributed by atoms with Gasteiger partial charge in [-0.3, -0.25) is 58.3 Å². The fourth-order valence-corrected chi connectivity index (χ4v) is 11.6. The number of aromatic nitrogens is 4.